The molecule has 0 aliphatic rings. The van der Waals surface area contributed by atoms with Crippen molar-refractivity contribution in [3.05, 3.63) is 30.1 Å². The lowest BCUT2D eigenvalue weighted by Crippen LogP contribution is -2.27. The van der Waals surface area contributed by atoms with Gasteiger partial charge in [-0.15, -0.1) is 0 Å². The molecular formula is C14H21N3. The van der Waals surface area contributed by atoms with Crippen molar-refractivity contribution < 1.29 is 0 Å². The number of para-hydroxylation sites is 2. The molecule has 0 bridgehead atoms. The number of hydrogen-bond donors (Lipinski definition) is 1. The van der Waals surface area contributed by atoms with E-state index in [-0.39, 0.29) is 0 Å². The van der Waals surface area contributed by atoms with Gasteiger partial charge in [0.1, 0.15) is 5.82 Å². The second-order valence-corrected chi connectivity index (χ2v) is 5.74. The van der Waals surface area contributed by atoms with Gasteiger partial charge in [0.2, 0.25) is 0 Å². The normalized spacial score (nSPS) is 12.2. The van der Waals surface area contributed by atoms with Crippen LogP contribution in [0.5, 0.6) is 0 Å². The zero-order chi connectivity index (χ0) is 12.5. The molecule has 0 fully saturated rings. The second-order valence-electron chi connectivity index (χ2n) is 5.74. The molecule has 3 nitrogen and oxygen atoms in total. The zero-order valence-electron chi connectivity index (χ0n) is 11.1. The molecular weight excluding hydrogens is 210 g/mol. The van der Waals surface area contributed by atoms with Crippen molar-refractivity contribution in [1.29, 1.82) is 0 Å². The van der Waals surface area contributed by atoms with Gasteiger partial charge in [0.25, 0.3) is 0 Å². The van der Waals surface area contributed by atoms with E-state index in [1.54, 1.807) is 0 Å². The first-order chi connectivity index (χ1) is 7.97. The number of aryl methyl sites for hydroxylation is 1. The van der Waals surface area contributed by atoms with Gasteiger partial charge in [-0.25, -0.2) is 4.98 Å². The van der Waals surface area contributed by atoms with Gasteiger partial charge in [-0.3, -0.25) is 0 Å². The van der Waals surface area contributed by atoms with Crippen molar-refractivity contribution in [3.8, 4) is 0 Å². The van der Waals surface area contributed by atoms with Crippen LogP contribution < -0.4 is 5.32 Å². The third kappa shape index (κ3) is 2.86. The zero-order valence-corrected chi connectivity index (χ0v) is 11.1. The van der Waals surface area contributed by atoms with Crippen LogP contribution in [0.25, 0.3) is 11.0 Å². The van der Waals surface area contributed by atoms with Gasteiger partial charge in [0.05, 0.1) is 17.6 Å². The van der Waals surface area contributed by atoms with Crippen LogP contribution in [0.4, 0.5) is 0 Å². The summed E-state index contributed by atoms with van der Waals surface area (Å²) in [6, 6.07) is 8.25. The number of nitrogens with one attached hydrogen (secondary N) is 1. The van der Waals surface area contributed by atoms with Crippen molar-refractivity contribution in [3.63, 3.8) is 0 Å². The van der Waals surface area contributed by atoms with Crippen LogP contribution in [-0.2, 0) is 13.6 Å². The van der Waals surface area contributed by atoms with Gasteiger partial charge in [-0.1, -0.05) is 32.9 Å². The molecule has 92 valence electrons. The maximum absolute atomic E-state index is 4.63. The molecule has 3 heteroatoms. The Morgan fingerprint density at radius 1 is 1.24 bits per heavy atom. The summed E-state index contributed by atoms with van der Waals surface area (Å²) in [4.78, 5) is 4.63. The molecule has 17 heavy (non-hydrogen) atoms. The Bertz CT molecular complexity index is 506. The second kappa shape index (κ2) is 4.49. The van der Waals surface area contributed by atoms with E-state index in [4.69, 9.17) is 0 Å². The van der Waals surface area contributed by atoms with E-state index in [2.05, 4.69) is 60.9 Å². The summed E-state index contributed by atoms with van der Waals surface area (Å²) in [5.41, 5.74) is 2.58. The van der Waals surface area contributed by atoms with Gasteiger partial charge >= 0.3 is 0 Å². The molecule has 1 N–H and O–H groups in total. The highest BCUT2D eigenvalue weighted by atomic mass is 15.1. The Morgan fingerprint density at radius 2 is 1.94 bits per heavy atom. The van der Waals surface area contributed by atoms with Crippen molar-refractivity contribution in [2.24, 2.45) is 12.5 Å². The molecule has 0 spiro atoms. The fourth-order valence-corrected chi connectivity index (χ4v) is 1.90. The van der Waals surface area contributed by atoms with Crippen molar-refractivity contribution >= 4 is 11.0 Å². The highest BCUT2D eigenvalue weighted by Crippen LogP contribution is 2.15. The fourth-order valence-electron chi connectivity index (χ4n) is 1.90. The molecule has 0 radical (unpaired) electrons. The van der Waals surface area contributed by atoms with E-state index < -0.39 is 0 Å². The molecule has 0 atom stereocenters. The standard InChI is InChI=1S/C14H21N3/c1-14(2,3)10-15-9-13-16-11-7-5-6-8-12(11)17(13)4/h5-8,15H,9-10H2,1-4H3. The minimum Gasteiger partial charge on any atom is -0.330 e. The Morgan fingerprint density at radius 3 is 2.59 bits per heavy atom. The molecule has 0 saturated carbocycles. The van der Waals surface area contributed by atoms with Crippen LogP contribution in [0.3, 0.4) is 0 Å². The molecule has 0 saturated heterocycles. The Labute approximate surface area is 103 Å². The van der Waals surface area contributed by atoms with E-state index in [0.717, 1.165) is 24.4 Å². The van der Waals surface area contributed by atoms with Gasteiger partial charge in [-0.05, 0) is 17.5 Å². The third-order valence-electron chi connectivity index (χ3n) is 2.82. The molecule has 1 aromatic carbocycles. The van der Waals surface area contributed by atoms with Gasteiger partial charge in [-0.2, -0.15) is 0 Å². The number of rotatable bonds is 3. The maximum atomic E-state index is 4.63. The van der Waals surface area contributed by atoms with Crippen LogP contribution in [0, 0.1) is 5.41 Å². The molecule has 1 aromatic heterocycles. The quantitative estimate of drug-likeness (QED) is 0.880. The number of nitrogens with zero attached hydrogens (tertiary/aromatic N) is 2. The predicted octanol–water partition coefficient (Wildman–Crippen LogP) is 2.71. The van der Waals surface area contributed by atoms with E-state index in [9.17, 15) is 0 Å². The summed E-state index contributed by atoms with van der Waals surface area (Å²) in [6.07, 6.45) is 0. The predicted molar refractivity (Wildman–Crippen MR) is 71.9 cm³/mol. The number of hydrogen-bond acceptors (Lipinski definition) is 2. The van der Waals surface area contributed by atoms with Crippen molar-refractivity contribution in [2.75, 3.05) is 6.54 Å². The summed E-state index contributed by atoms with van der Waals surface area (Å²) in [7, 11) is 2.07. The minimum absolute atomic E-state index is 0.310. The highest BCUT2D eigenvalue weighted by molar-refractivity contribution is 5.75. The first-order valence-corrected chi connectivity index (χ1v) is 6.08. The molecule has 0 aliphatic heterocycles. The van der Waals surface area contributed by atoms with Crippen LogP contribution >= 0.6 is 0 Å². The number of imidazole rings is 1. The summed E-state index contributed by atoms with van der Waals surface area (Å²) < 4.78 is 2.16. The molecule has 0 amide bonds. The van der Waals surface area contributed by atoms with Gasteiger partial charge in [0, 0.05) is 13.6 Å². The fraction of sp³-hybridized carbons (Fsp3) is 0.500. The molecule has 2 rings (SSSR count). The monoisotopic (exact) mass is 231 g/mol. The van der Waals surface area contributed by atoms with Crippen molar-refractivity contribution in [1.82, 2.24) is 14.9 Å². The number of aromatic nitrogens is 2. The maximum Gasteiger partial charge on any atom is 0.123 e. The summed E-state index contributed by atoms with van der Waals surface area (Å²) in [6.45, 7) is 8.51. The van der Waals surface area contributed by atoms with E-state index in [1.807, 2.05) is 6.07 Å². The first-order valence-electron chi connectivity index (χ1n) is 6.08. The van der Waals surface area contributed by atoms with Crippen LogP contribution in [-0.4, -0.2) is 16.1 Å². The molecule has 2 aromatic rings. The third-order valence-corrected chi connectivity index (χ3v) is 2.82. The smallest absolute Gasteiger partial charge is 0.123 e. The lowest BCUT2D eigenvalue weighted by Gasteiger charge is -2.18. The highest BCUT2D eigenvalue weighted by Gasteiger charge is 2.11. The lowest BCUT2D eigenvalue weighted by atomic mass is 9.97. The lowest BCUT2D eigenvalue weighted by molar-refractivity contribution is 0.376. The topological polar surface area (TPSA) is 29.9 Å². The van der Waals surface area contributed by atoms with Gasteiger partial charge < -0.3 is 9.88 Å². The minimum atomic E-state index is 0.310. The molecule has 0 unspecified atom stereocenters. The SMILES string of the molecule is Cn1c(CNCC(C)(C)C)nc2ccccc21. The summed E-state index contributed by atoms with van der Waals surface area (Å²) >= 11 is 0. The summed E-state index contributed by atoms with van der Waals surface area (Å²) in [5, 5.41) is 3.46. The summed E-state index contributed by atoms with van der Waals surface area (Å²) in [5.74, 6) is 1.09. The van der Waals surface area contributed by atoms with E-state index >= 15 is 0 Å². The molecule has 0 aliphatic carbocycles. The van der Waals surface area contributed by atoms with Crippen molar-refractivity contribution in [2.45, 2.75) is 27.3 Å². The van der Waals surface area contributed by atoms with Crippen LogP contribution in [0.15, 0.2) is 24.3 Å². The van der Waals surface area contributed by atoms with Crippen LogP contribution in [0.1, 0.15) is 26.6 Å². The number of fused-ring (bicyclic) bond motifs is 1. The van der Waals surface area contributed by atoms with E-state index in [1.165, 1.54) is 5.52 Å². The van der Waals surface area contributed by atoms with E-state index in [0.29, 0.717) is 5.41 Å². The largest absolute Gasteiger partial charge is 0.330 e. The Hall–Kier alpha value is -1.35. The first kappa shape index (κ1) is 12.1. The number of benzene rings is 1. The molecule has 1 heterocycles. The van der Waals surface area contributed by atoms with Gasteiger partial charge in [0.15, 0.2) is 0 Å². The van der Waals surface area contributed by atoms with Crippen LogP contribution in [0.2, 0.25) is 0 Å². The Kier molecular flexibility index (Phi) is 3.20. The Balaban J connectivity index is 2.11. The average molecular weight is 231 g/mol. The average Bonchev–Trinajstić information content (AvgIpc) is 2.55.